The molecule has 0 saturated carbocycles. The Hall–Kier alpha value is -0.557. The van der Waals surface area contributed by atoms with Gasteiger partial charge in [0.25, 0.3) is 0 Å². The van der Waals surface area contributed by atoms with Gasteiger partial charge in [0.2, 0.25) is 0 Å². The molecule has 0 saturated heterocycles. The van der Waals surface area contributed by atoms with Crippen LogP contribution >= 0.6 is 0 Å². The van der Waals surface area contributed by atoms with Gasteiger partial charge in [0, 0.05) is 0 Å². The van der Waals surface area contributed by atoms with Gasteiger partial charge in [-0.3, -0.25) is 0 Å². The Balaban J connectivity index is 0.00000128. The number of rotatable bonds is 4. The van der Waals surface area contributed by atoms with E-state index in [1.165, 1.54) is 31.2 Å². The molecular weight excluding hydrogens is 297 g/mol. The van der Waals surface area contributed by atoms with Gasteiger partial charge in [-0.25, -0.2) is 0 Å². The molecule has 89 valence electrons. The van der Waals surface area contributed by atoms with Gasteiger partial charge in [-0.15, -0.1) is 0 Å². The van der Waals surface area contributed by atoms with Crippen LogP contribution in [0.1, 0.15) is 24.8 Å². The van der Waals surface area contributed by atoms with E-state index in [0.717, 1.165) is 0 Å². The zero-order chi connectivity index (χ0) is 10.5. The molecule has 2 rings (SSSR count). The topological polar surface area (TPSA) is 0 Å². The molecule has 3 heteroatoms. The second-order valence-electron chi connectivity index (χ2n) is 3.99. The molecule has 0 aromatic heterocycles. The van der Waals surface area contributed by atoms with Crippen LogP contribution in [0.5, 0.6) is 0 Å². The molecule has 0 unspecified atom stereocenters. The molecule has 1 aromatic rings. The predicted octanol–water partition coefficient (Wildman–Crippen LogP) is -2.22. The third kappa shape index (κ3) is 5.54. The Morgan fingerprint density at radius 3 is 2.29 bits per heavy atom. The first-order valence-electron chi connectivity index (χ1n) is 5.50. The SMILES string of the molecule is [F-].[F-].[Zr+2][C]1=CC(CCCc2ccccc2)=CC1. The maximum atomic E-state index is 2.38. The Bertz CT molecular complexity index is 382. The summed E-state index contributed by atoms with van der Waals surface area (Å²) < 4.78 is 1.59. The molecule has 0 aliphatic heterocycles. The van der Waals surface area contributed by atoms with Gasteiger partial charge in [0.05, 0.1) is 0 Å². The van der Waals surface area contributed by atoms with E-state index in [0.29, 0.717) is 0 Å². The van der Waals surface area contributed by atoms with Crippen LogP contribution in [0.4, 0.5) is 0 Å². The molecule has 1 aliphatic carbocycles. The summed E-state index contributed by atoms with van der Waals surface area (Å²) in [6.07, 6.45) is 9.69. The molecule has 0 spiro atoms. The monoisotopic (exact) mass is 311 g/mol. The fourth-order valence-corrected chi connectivity index (χ4v) is 2.60. The van der Waals surface area contributed by atoms with Crippen molar-refractivity contribution in [1.82, 2.24) is 0 Å². The van der Waals surface area contributed by atoms with Crippen molar-refractivity contribution < 1.29 is 34.1 Å². The number of hydrogen-bond acceptors (Lipinski definition) is 0. The van der Waals surface area contributed by atoms with Crippen LogP contribution in [0.25, 0.3) is 0 Å². The Kier molecular flexibility index (Phi) is 8.24. The average molecular weight is 312 g/mol. The van der Waals surface area contributed by atoms with Gasteiger partial charge >= 0.3 is 107 Å². The Labute approximate surface area is 116 Å². The Morgan fingerprint density at radius 2 is 1.71 bits per heavy atom. The number of benzene rings is 1. The fraction of sp³-hybridized carbons (Fsp3) is 0.286. The Morgan fingerprint density at radius 1 is 1.00 bits per heavy atom. The normalized spacial score (nSPS) is 13.3. The van der Waals surface area contributed by atoms with Crippen molar-refractivity contribution in [2.75, 3.05) is 0 Å². The van der Waals surface area contributed by atoms with Crippen LogP contribution < -0.4 is 9.41 Å². The van der Waals surface area contributed by atoms with E-state index in [1.807, 2.05) is 0 Å². The van der Waals surface area contributed by atoms with Crippen molar-refractivity contribution in [2.45, 2.75) is 25.7 Å². The van der Waals surface area contributed by atoms with Crippen molar-refractivity contribution in [3.63, 3.8) is 0 Å². The molecule has 0 amide bonds. The molecule has 0 bridgehead atoms. The van der Waals surface area contributed by atoms with Gasteiger partial charge in [0.1, 0.15) is 0 Å². The van der Waals surface area contributed by atoms with Crippen LogP contribution in [0, 0.1) is 0 Å². The molecular formula is C14H15F2Zr. The van der Waals surface area contributed by atoms with Gasteiger partial charge in [0.15, 0.2) is 0 Å². The van der Waals surface area contributed by atoms with Crippen molar-refractivity contribution in [2.24, 2.45) is 0 Å². The van der Waals surface area contributed by atoms with Crippen LogP contribution in [0.3, 0.4) is 0 Å². The van der Waals surface area contributed by atoms with E-state index in [4.69, 9.17) is 0 Å². The molecule has 0 heterocycles. The van der Waals surface area contributed by atoms with Crippen molar-refractivity contribution in [1.29, 1.82) is 0 Å². The predicted molar refractivity (Wildman–Crippen MR) is 60.2 cm³/mol. The summed E-state index contributed by atoms with van der Waals surface area (Å²) in [4.78, 5) is 0. The molecule has 0 N–H and O–H groups in total. The molecule has 0 radical (unpaired) electrons. The first-order chi connectivity index (χ1) is 7.34. The average Bonchev–Trinajstić information content (AvgIpc) is 2.66. The van der Waals surface area contributed by atoms with E-state index in [1.54, 1.807) is 33.6 Å². The molecule has 1 aliphatic rings. The summed E-state index contributed by atoms with van der Waals surface area (Å²) >= 11 is 1.58. The molecule has 1 aromatic carbocycles. The minimum absolute atomic E-state index is 0. The second kappa shape index (κ2) is 8.52. The summed E-state index contributed by atoms with van der Waals surface area (Å²) in [5.74, 6) is 0. The van der Waals surface area contributed by atoms with E-state index in [2.05, 4.69) is 42.5 Å². The number of halogens is 2. The van der Waals surface area contributed by atoms with Crippen molar-refractivity contribution in [3.8, 4) is 0 Å². The molecule has 0 nitrogen and oxygen atoms in total. The van der Waals surface area contributed by atoms with Gasteiger partial charge < -0.3 is 9.41 Å². The molecule has 0 atom stereocenters. The summed E-state index contributed by atoms with van der Waals surface area (Å²) in [5.41, 5.74) is 3.01. The molecule has 0 fully saturated rings. The first-order valence-corrected chi connectivity index (χ1v) is 6.72. The fourth-order valence-electron chi connectivity index (χ4n) is 1.90. The molecule has 17 heavy (non-hydrogen) atoms. The van der Waals surface area contributed by atoms with Gasteiger partial charge in [-0.2, -0.15) is 0 Å². The van der Waals surface area contributed by atoms with Crippen molar-refractivity contribution >= 4 is 0 Å². The van der Waals surface area contributed by atoms with Crippen LogP contribution in [0.15, 0.2) is 51.3 Å². The summed E-state index contributed by atoms with van der Waals surface area (Å²) in [6, 6.07) is 10.8. The number of aryl methyl sites for hydroxylation is 1. The standard InChI is InChI=1S/C14H15.2FH.Zr/c1-2-7-13(8-3-1)11-6-12-14-9-4-5-10-14;;;/h1-3,7-10H,4,6,11-12H2;2*1H;/q;;;+2/p-2. The minimum atomic E-state index is 0. The third-order valence-electron chi connectivity index (χ3n) is 2.72. The maximum absolute atomic E-state index is 2.38. The van der Waals surface area contributed by atoms with Gasteiger partial charge in [-0.1, -0.05) is 0 Å². The van der Waals surface area contributed by atoms with Crippen LogP contribution in [0.2, 0.25) is 0 Å². The number of hydrogen-bond donors (Lipinski definition) is 0. The van der Waals surface area contributed by atoms with Gasteiger partial charge in [-0.05, 0) is 0 Å². The first kappa shape index (κ1) is 16.4. The van der Waals surface area contributed by atoms with Crippen LogP contribution in [-0.4, -0.2) is 0 Å². The van der Waals surface area contributed by atoms with Crippen LogP contribution in [-0.2, 0) is 31.1 Å². The summed E-state index contributed by atoms with van der Waals surface area (Å²) in [6.45, 7) is 0. The third-order valence-corrected chi connectivity index (χ3v) is 3.57. The zero-order valence-corrected chi connectivity index (χ0v) is 12.1. The van der Waals surface area contributed by atoms with Crippen molar-refractivity contribution in [3.05, 3.63) is 56.9 Å². The second-order valence-corrected chi connectivity index (χ2v) is 5.57. The number of allylic oxidation sites excluding steroid dienone is 4. The van der Waals surface area contributed by atoms with E-state index in [-0.39, 0.29) is 9.41 Å². The quantitative estimate of drug-likeness (QED) is 0.591. The van der Waals surface area contributed by atoms with E-state index < -0.39 is 0 Å². The summed E-state index contributed by atoms with van der Waals surface area (Å²) in [5, 5.41) is 0. The van der Waals surface area contributed by atoms with E-state index in [9.17, 15) is 0 Å². The van der Waals surface area contributed by atoms with E-state index >= 15 is 0 Å². The zero-order valence-electron chi connectivity index (χ0n) is 9.63. The summed E-state index contributed by atoms with van der Waals surface area (Å²) in [7, 11) is 0.